The number of hydrogen-bond donors (Lipinski definition) is 5. The fourth-order valence-corrected chi connectivity index (χ4v) is 6.82. The average Bonchev–Trinajstić information content (AvgIpc) is 3.52. The Morgan fingerprint density at radius 1 is 1.00 bits per heavy atom. The first-order valence-corrected chi connectivity index (χ1v) is 14.7. The normalized spacial score (nSPS) is 23.6. The van der Waals surface area contributed by atoms with Crippen LogP contribution in [0, 0.1) is 18.8 Å². The van der Waals surface area contributed by atoms with E-state index in [0.29, 0.717) is 24.1 Å². The fourth-order valence-electron chi connectivity index (χ4n) is 5.76. The van der Waals surface area contributed by atoms with Gasteiger partial charge in [0.1, 0.15) is 22.7 Å². The molecule has 3 aromatic heterocycles. The molecule has 2 aliphatic rings. The highest BCUT2D eigenvalue weighted by molar-refractivity contribution is 7.21. The molecule has 1 aromatic carbocycles. The van der Waals surface area contributed by atoms with Gasteiger partial charge in [-0.15, -0.1) is 11.3 Å². The lowest BCUT2D eigenvalue weighted by Gasteiger charge is -2.32. The van der Waals surface area contributed by atoms with Gasteiger partial charge in [0.05, 0.1) is 33.6 Å². The molecule has 1 saturated carbocycles. The van der Waals surface area contributed by atoms with Gasteiger partial charge in [0.15, 0.2) is 0 Å². The molecule has 1 saturated heterocycles. The monoisotopic (exact) mass is 561 g/mol. The fraction of sp³-hybridized carbons (Fsp3) is 0.448. The van der Waals surface area contributed by atoms with E-state index in [2.05, 4.69) is 26.6 Å². The number of fused-ring (bicyclic) bond motifs is 1. The number of hydrogen-bond acceptors (Lipinski definition) is 11. The van der Waals surface area contributed by atoms with Gasteiger partial charge in [0, 0.05) is 38.4 Å². The van der Waals surface area contributed by atoms with Crippen LogP contribution in [0.3, 0.4) is 0 Å². The molecule has 0 bridgehead atoms. The van der Waals surface area contributed by atoms with Crippen molar-refractivity contribution in [2.24, 2.45) is 11.8 Å². The van der Waals surface area contributed by atoms with Crippen molar-refractivity contribution < 1.29 is 15.3 Å². The predicted molar refractivity (Wildman–Crippen MR) is 158 cm³/mol. The second-order valence-corrected chi connectivity index (χ2v) is 11.8. The van der Waals surface area contributed by atoms with Crippen molar-refractivity contribution in [3.8, 4) is 10.6 Å². The standard InChI is InChI=1S/C29H35N7O3S/c1-17-24(28-34-20-6-2-3-7-22(20)40-28)27(33-21-14-19(16-37)25(38)26(21)39)35-29(32-17)31-15-18-9-12-36(13-10-18)23-8-4-5-11-30-23/h2-8,11,18-19,21,25-26,37-39H,9-10,12-16H2,1H3,(H2,31,32,33,35)/t19-,21?,25-,26+/m1/s1. The van der Waals surface area contributed by atoms with Gasteiger partial charge >= 0.3 is 0 Å². The first kappa shape index (κ1) is 26.8. The molecular formula is C29H35N7O3S. The summed E-state index contributed by atoms with van der Waals surface area (Å²) in [7, 11) is 0. The summed E-state index contributed by atoms with van der Waals surface area (Å²) < 4.78 is 1.07. The number of thiazole rings is 1. The third-order valence-corrected chi connectivity index (χ3v) is 9.15. The number of nitrogens with zero attached hydrogens (tertiary/aromatic N) is 5. The minimum absolute atomic E-state index is 0.185. The van der Waals surface area contributed by atoms with E-state index in [1.807, 2.05) is 49.5 Å². The Balaban J connectivity index is 1.22. The van der Waals surface area contributed by atoms with Crippen LogP contribution in [0.5, 0.6) is 0 Å². The number of pyridine rings is 1. The van der Waals surface area contributed by atoms with Gasteiger partial charge in [-0.25, -0.2) is 15.0 Å². The van der Waals surface area contributed by atoms with Crippen LogP contribution in [-0.2, 0) is 0 Å². The number of benzene rings is 1. The Labute approximate surface area is 237 Å². The summed E-state index contributed by atoms with van der Waals surface area (Å²) in [6.07, 6.45) is 2.35. The maximum atomic E-state index is 10.7. The van der Waals surface area contributed by atoms with Crippen LogP contribution in [0.1, 0.15) is 25.0 Å². The summed E-state index contributed by atoms with van der Waals surface area (Å²) in [5.74, 6) is 2.20. The van der Waals surface area contributed by atoms with Crippen molar-refractivity contribution >= 4 is 39.1 Å². The third-order valence-electron chi connectivity index (χ3n) is 8.09. The molecule has 4 aromatic rings. The Morgan fingerprint density at radius 2 is 1.80 bits per heavy atom. The van der Waals surface area contributed by atoms with Crippen LogP contribution < -0.4 is 15.5 Å². The molecule has 1 aliphatic carbocycles. The van der Waals surface area contributed by atoms with Crippen molar-refractivity contribution in [1.29, 1.82) is 0 Å². The lowest BCUT2D eigenvalue weighted by atomic mass is 9.97. The minimum atomic E-state index is -1.02. The van der Waals surface area contributed by atoms with Crippen LogP contribution in [-0.4, -0.2) is 79.7 Å². The first-order valence-electron chi connectivity index (χ1n) is 13.9. The van der Waals surface area contributed by atoms with Crippen LogP contribution in [0.25, 0.3) is 20.8 Å². The maximum Gasteiger partial charge on any atom is 0.224 e. The Kier molecular flexibility index (Phi) is 7.79. The van der Waals surface area contributed by atoms with E-state index in [1.165, 1.54) is 0 Å². The molecule has 40 heavy (non-hydrogen) atoms. The van der Waals surface area contributed by atoms with Crippen LogP contribution in [0.4, 0.5) is 17.6 Å². The summed E-state index contributed by atoms with van der Waals surface area (Å²) in [4.78, 5) is 21.3. The van der Waals surface area contributed by atoms with Crippen LogP contribution in [0.2, 0.25) is 0 Å². The molecule has 4 atom stereocenters. The number of para-hydroxylation sites is 1. The number of piperidine rings is 1. The van der Waals surface area contributed by atoms with E-state index < -0.39 is 24.2 Å². The Morgan fingerprint density at radius 3 is 2.52 bits per heavy atom. The van der Waals surface area contributed by atoms with Crippen LogP contribution in [0.15, 0.2) is 48.7 Å². The molecule has 5 N–H and O–H groups in total. The van der Waals surface area contributed by atoms with E-state index in [4.69, 9.17) is 15.0 Å². The highest BCUT2D eigenvalue weighted by atomic mass is 32.1. The summed E-state index contributed by atoms with van der Waals surface area (Å²) in [6, 6.07) is 13.5. The Bertz CT molecular complexity index is 1410. The predicted octanol–water partition coefficient (Wildman–Crippen LogP) is 3.30. The zero-order valence-corrected chi connectivity index (χ0v) is 23.3. The Hall–Kier alpha value is -3.38. The van der Waals surface area contributed by atoms with Gasteiger partial charge in [-0.3, -0.25) is 0 Å². The second kappa shape index (κ2) is 11.6. The number of aryl methyl sites for hydroxylation is 1. The van der Waals surface area contributed by atoms with Gasteiger partial charge in [-0.05, 0) is 56.4 Å². The number of anilines is 3. The smallest absolute Gasteiger partial charge is 0.224 e. The van der Waals surface area contributed by atoms with Gasteiger partial charge in [-0.2, -0.15) is 4.98 Å². The summed E-state index contributed by atoms with van der Waals surface area (Å²) in [5, 5.41) is 38.4. The number of rotatable bonds is 8. The van der Waals surface area contributed by atoms with E-state index in [0.717, 1.165) is 64.8 Å². The molecule has 1 unspecified atom stereocenters. The number of aliphatic hydroxyl groups excluding tert-OH is 3. The van der Waals surface area contributed by atoms with Crippen molar-refractivity contribution in [1.82, 2.24) is 19.9 Å². The number of aliphatic hydroxyl groups is 3. The molecule has 4 heterocycles. The minimum Gasteiger partial charge on any atom is -0.396 e. The lowest BCUT2D eigenvalue weighted by Crippen LogP contribution is -2.36. The molecule has 1 aliphatic heterocycles. The third kappa shape index (κ3) is 5.46. The van der Waals surface area contributed by atoms with Crippen molar-refractivity contribution in [3.05, 3.63) is 54.4 Å². The SMILES string of the molecule is Cc1nc(NCC2CCN(c3ccccn3)CC2)nc(NC2C[C@H](CO)[C@@H](O)[C@H]2O)c1-c1nc2ccccc2s1. The highest BCUT2D eigenvalue weighted by Crippen LogP contribution is 2.38. The maximum absolute atomic E-state index is 10.7. The molecule has 11 heteroatoms. The summed E-state index contributed by atoms with van der Waals surface area (Å²) >= 11 is 1.57. The van der Waals surface area contributed by atoms with Crippen LogP contribution >= 0.6 is 11.3 Å². The molecule has 0 amide bonds. The van der Waals surface area contributed by atoms with Gasteiger partial charge in [-0.1, -0.05) is 18.2 Å². The van der Waals surface area contributed by atoms with Crippen molar-refractivity contribution in [2.75, 3.05) is 41.8 Å². The van der Waals surface area contributed by atoms with Gasteiger partial charge in [0.2, 0.25) is 5.95 Å². The zero-order chi connectivity index (χ0) is 27.6. The molecular weight excluding hydrogens is 526 g/mol. The topological polar surface area (TPSA) is 140 Å². The van der Waals surface area contributed by atoms with E-state index in [1.54, 1.807) is 11.3 Å². The quantitative estimate of drug-likeness (QED) is 0.218. The lowest BCUT2D eigenvalue weighted by molar-refractivity contribution is 0.00446. The largest absolute Gasteiger partial charge is 0.396 e. The first-order chi connectivity index (χ1) is 19.5. The molecule has 10 nitrogen and oxygen atoms in total. The number of nitrogens with one attached hydrogen (secondary N) is 2. The molecule has 0 spiro atoms. The van der Waals surface area contributed by atoms with Gasteiger partial charge in [0.25, 0.3) is 0 Å². The summed E-state index contributed by atoms with van der Waals surface area (Å²) in [5.41, 5.74) is 2.46. The van der Waals surface area contributed by atoms with E-state index in [-0.39, 0.29) is 6.61 Å². The summed E-state index contributed by atoms with van der Waals surface area (Å²) in [6.45, 7) is 4.44. The number of aromatic nitrogens is 4. The molecule has 2 fully saturated rings. The average molecular weight is 562 g/mol. The van der Waals surface area contributed by atoms with E-state index >= 15 is 0 Å². The molecule has 210 valence electrons. The second-order valence-electron chi connectivity index (χ2n) is 10.8. The highest BCUT2D eigenvalue weighted by Gasteiger charge is 2.41. The van der Waals surface area contributed by atoms with E-state index in [9.17, 15) is 15.3 Å². The molecule has 0 radical (unpaired) electrons. The molecule has 6 rings (SSSR count). The van der Waals surface area contributed by atoms with Gasteiger partial charge < -0.3 is 30.9 Å². The van der Waals surface area contributed by atoms with Crippen molar-refractivity contribution in [2.45, 2.75) is 44.4 Å². The van der Waals surface area contributed by atoms with Crippen molar-refractivity contribution in [3.63, 3.8) is 0 Å². The zero-order valence-electron chi connectivity index (χ0n) is 22.4.